The zero-order chi connectivity index (χ0) is 30.8. The van der Waals surface area contributed by atoms with E-state index in [0.29, 0.717) is 29.4 Å². The molecule has 0 radical (unpaired) electrons. The molecule has 3 aromatic rings. The topological polar surface area (TPSA) is 73.7 Å². The lowest BCUT2D eigenvalue weighted by molar-refractivity contribution is -0.143. The molecule has 14 heteroatoms. The van der Waals surface area contributed by atoms with Gasteiger partial charge >= 0.3 is 18.3 Å². The predicted molar refractivity (Wildman–Crippen MR) is 151 cm³/mol. The number of alkyl halides is 6. The Hall–Kier alpha value is -3.91. The van der Waals surface area contributed by atoms with Crippen LogP contribution in [0.5, 0.6) is 0 Å². The van der Waals surface area contributed by atoms with Gasteiger partial charge in [-0.15, -0.1) is 0 Å². The number of amides is 1. The Bertz CT molecular complexity index is 1520. The normalized spacial score (nSPS) is 15.0. The molecule has 1 saturated heterocycles. The number of carboxylic acid groups (broad SMARTS) is 1. The summed E-state index contributed by atoms with van der Waals surface area (Å²) < 4.78 is 80.1. The van der Waals surface area contributed by atoms with Crippen LogP contribution in [0.1, 0.15) is 33.6 Å². The fraction of sp³-hybridized carbons (Fsp3) is 0.214. The van der Waals surface area contributed by atoms with Crippen molar-refractivity contribution in [3.8, 4) is 11.3 Å². The van der Waals surface area contributed by atoms with E-state index in [9.17, 15) is 35.9 Å². The number of carboxylic acids is 1. The van der Waals surface area contributed by atoms with Crippen LogP contribution in [0.25, 0.3) is 17.3 Å². The molecule has 2 aromatic carbocycles. The minimum atomic E-state index is -5.00. The third-order valence-electron chi connectivity index (χ3n) is 6.24. The highest BCUT2D eigenvalue weighted by Crippen LogP contribution is 2.39. The summed E-state index contributed by atoms with van der Waals surface area (Å²) in [6, 6.07) is 11.7. The molecule has 2 heterocycles. The number of aromatic carboxylic acids is 1. The number of halogens is 6. The zero-order valence-corrected chi connectivity index (χ0v) is 23.3. The van der Waals surface area contributed by atoms with E-state index in [1.165, 1.54) is 41.3 Å². The van der Waals surface area contributed by atoms with E-state index in [0.717, 1.165) is 17.4 Å². The van der Waals surface area contributed by atoms with Crippen LogP contribution in [0.3, 0.4) is 0 Å². The first-order valence-electron chi connectivity index (χ1n) is 12.2. The van der Waals surface area contributed by atoms with Gasteiger partial charge in [-0.25, -0.2) is 9.78 Å². The van der Waals surface area contributed by atoms with Crippen molar-refractivity contribution in [1.29, 1.82) is 0 Å². The molecule has 1 aromatic heterocycles. The van der Waals surface area contributed by atoms with E-state index in [4.69, 9.17) is 17.3 Å². The van der Waals surface area contributed by atoms with Crippen LogP contribution in [0.15, 0.2) is 65.6 Å². The summed E-state index contributed by atoms with van der Waals surface area (Å²) in [5.41, 5.74) is -2.30. The first kappa shape index (κ1) is 31.0. The van der Waals surface area contributed by atoms with Crippen molar-refractivity contribution in [2.75, 3.05) is 25.0 Å². The predicted octanol–water partition coefficient (Wildman–Crippen LogP) is 7.21. The molecule has 0 unspecified atom stereocenters. The van der Waals surface area contributed by atoms with Crippen molar-refractivity contribution in [2.24, 2.45) is 0 Å². The highest BCUT2D eigenvalue weighted by Gasteiger charge is 2.37. The minimum absolute atomic E-state index is 0.0471. The van der Waals surface area contributed by atoms with E-state index in [1.807, 2.05) is 11.9 Å². The molecule has 0 saturated carbocycles. The van der Waals surface area contributed by atoms with Crippen molar-refractivity contribution in [1.82, 2.24) is 9.88 Å². The molecule has 0 bridgehead atoms. The standard InChI is InChI=1S/C28H21F6N3O3S2/c1-36(21-8-6-16(7-9-21)25(39)40)10-3-11-37-24(38)23(42-26(37)41)15-20-4-2-5-22(35-20)17-12-18(27(29,30)31)14-19(13-17)28(32,33)34/h2,4-9,12-15H,3,10-11H2,1H3,(H,39,40)/b23-15-. The van der Waals surface area contributed by atoms with Gasteiger partial charge in [0.25, 0.3) is 5.91 Å². The second kappa shape index (κ2) is 12.1. The van der Waals surface area contributed by atoms with Gasteiger partial charge in [-0.2, -0.15) is 26.3 Å². The van der Waals surface area contributed by atoms with Crippen LogP contribution >= 0.6 is 24.0 Å². The molecule has 1 N–H and O–H groups in total. The van der Waals surface area contributed by atoms with E-state index >= 15 is 0 Å². The van der Waals surface area contributed by atoms with E-state index in [2.05, 4.69) is 4.98 Å². The lowest BCUT2D eigenvalue weighted by Gasteiger charge is -2.21. The highest BCUT2D eigenvalue weighted by molar-refractivity contribution is 8.26. The fourth-order valence-corrected chi connectivity index (χ4v) is 5.37. The molecule has 1 amide bonds. The molecule has 220 valence electrons. The molecule has 1 fully saturated rings. The third-order valence-corrected chi connectivity index (χ3v) is 7.61. The summed E-state index contributed by atoms with van der Waals surface area (Å²) in [5.74, 6) is -1.43. The summed E-state index contributed by atoms with van der Waals surface area (Å²) in [4.78, 5) is 31.8. The molecular weight excluding hydrogens is 604 g/mol. The Balaban J connectivity index is 1.48. The number of aromatic nitrogens is 1. The second-order valence-corrected chi connectivity index (χ2v) is 10.9. The van der Waals surface area contributed by atoms with E-state index < -0.39 is 35.4 Å². The number of thioether (sulfide) groups is 1. The van der Waals surface area contributed by atoms with E-state index in [-0.39, 0.29) is 40.0 Å². The zero-order valence-electron chi connectivity index (χ0n) is 21.7. The lowest BCUT2D eigenvalue weighted by Crippen LogP contribution is -2.31. The van der Waals surface area contributed by atoms with Gasteiger partial charge < -0.3 is 10.0 Å². The molecule has 4 rings (SSSR count). The maximum atomic E-state index is 13.3. The van der Waals surface area contributed by atoms with Gasteiger partial charge in [-0.3, -0.25) is 9.69 Å². The van der Waals surface area contributed by atoms with E-state index in [1.54, 1.807) is 12.1 Å². The number of pyridine rings is 1. The quantitative estimate of drug-likeness (QED) is 0.161. The van der Waals surface area contributed by atoms with Gasteiger partial charge in [0, 0.05) is 31.4 Å². The monoisotopic (exact) mass is 625 g/mol. The summed E-state index contributed by atoms with van der Waals surface area (Å²) in [6.07, 6.45) is -8.08. The molecule has 0 aliphatic carbocycles. The van der Waals surface area contributed by atoms with Crippen molar-refractivity contribution in [3.63, 3.8) is 0 Å². The average molecular weight is 626 g/mol. The number of hydrogen-bond acceptors (Lipinski definition) is 6. The molecule has 42 heavy (non-hydrogen) atoms. The Kier molecular flexibility index (Phi) is 8.97. The summed E-state index contributed by atoms with van der Waals surface area (Å²) >= 11 is 6.36. The highest BCUT2D eigenvalue weighted by atomic mass is 32.2. The van der Waals surface area contributed by atoms with Crippen molar-refractivity contribution < 1.29 is 41.0 Å². The summed E-state index contributed by atoms with van der Waals surface area (Å²) in [5, 5.41) is 9.03. The maximum absolute atomic E-state index is 13.3. The number of thiocarbonyl (C=S) groups is 1. The first-order valence-corrected chi connectivity index (χ1v) is 13.4. The molecule has 6 nitrogen and oxygen atoms in total. The van der Waals surface area contributed by atoms with Gasteiger partial charge in [-0.1, -0.05) is 30.0 Å². The Morgan fingerprint density at radius 2 is 1.64 bits per heavy atom. The number of nitrogens with zero attached hydrogens (tertiary/aromatic N) is 3. The largest absolute Gasteiger partial charge is 0.478 e. The van der Waals surface area contributed by atoms with Gasteiger partial charge in [0.05, 0.1) is 33.0 Å². The van der Waals surface area contributed by atoms with Crippen LogP contribution in [0, 0.1) is 0 Å². The number of hydrogen-bond donors (Lipinski definition) is 1. The van der Waals surface area contributed by atoms with Crippen LogP contribution < -0.4 is 4.90 Å². The van der Waals surface area contributed by atoms with Crippen molar-refractivity contribution >= 4 is 51.9 Å². The van der Waals surface area contributed by atoms with Crippen LogP contribution in [0.2, 0.25) is 0 Å². The van der Waals surface area contributed by atoms with Crippen LogP contribution in [-0.4, -0.2) is 51.3 Å². The smallest absolute Gasteiger partial charge is 0.416 e. The Labute approximate surface area is 245 Å². The fourth-order valence-electron chi connectivity index (χ4n) is 4.08. The second-order valence-electron chi connectivity index (χ2n) is 9.20. The van der Waals surface area contributed by atoms with Crippen molar-refractivity contribution in [3.05, 3.63) is 88.0 Å². The van der Waals surface area contributed by atoms with Crippen LogP contribution in [0.4, 0.5) is 32.0 Å². The number of carbonyl (C=O) groups is 2. The first-order chi connectivity index (χ1) is 19.6. The van der Waals surface area contributed by atoms with Gasteiger partial charge in [-0.05, 0) is 67.1 Å². The number of anilines is 1. The summed E-state index contributed by atoms with van der Waals surface area (Å²) in [6.45, 7) is 0.820. The van der Waals surface area contributed by atoms with Crippen molar-refractivity contribution in [2.45, 2.75) is 18.8 Å². The van der Waals surface area contributed by atoms with Gasteiger partial charge in [0.2, 0.25) is 0 Å². The molecule has 1 aliphatic heterocycles. The lowest BCUT2D eigenvalue weighted by atomic mass is 10.0. The average Bonchev–Trinajstić information content (AvgIpc) is 3.19. The van der Waals surface area contributed by atoms with Gasteiger partial charge in [0.1, 0.15) is 4.32 Å². The third kappa shape index (κ3) is 7.29. The molecular formula is C28H21F6N3O3S2. The van der Waals surface area contributed by atoms with Crippen LogP contribution in [-0.2, 0) is 17.1 Å². The van der Waals surface area contributed by atoms with Gasteiger partial charge in [0.15, 0.2) is 0 Å². The number of rotatable bonds is 8. The molecule has 1 aliphatic rings. The SMILES string of the molecule is CN(CCCN1C(=O)/C(=C/c2cccc(-c3cc(C(F)(F)F)cc(C(F)(F)F)c3)n2)SC1=S)c1ccc(C(=O)O)cc1. The maximum Gasteiger partial charge on any atom is 0.416 e. The summed E-state index contributed by atoms with van der Waals surface area (Å²) in [7, 11) is 1.82. The Morgan fingerprint density at radius 3 is 2.21 bits per heavy atom. The Morgan fingerprint density at radius 1 is 1.02 bits per heavy atom. The number of carbonyl (C=O) groups excluding carboxylic acids is 1. The molecule has 0 atom stereocenters. The minimum Gasteiger partial charge on any atom is -0.478 e. The number of benzene rings is 2. The molecule has 0 spiro atoms.